The van der Waals surface area contributed by atoms with Crippen LogP contribution < -0.4 is 16.2 Å². The molecule has 0 spiro atoms. The first-order valence-corrected chi connectivity index (χ1v) is 13.5. The topological polar surface area (TPSA) is 108 Å². The minimum atomic E-state index is -0.222. The van der Waals surface area contributed by atoms with Gasteiger partial charge in [0, 0.05) is 25.7 Å². The molecule has 0 bridgehead atoms. The van der Waals surface area contributed by atoms with E-state index >= 15 is 0 Å². The van der Waals surface area contributed by atoms with Crippen LogP contribution in [0.1, 0.15) is 12.8 Å². The Kier molecular flexibility index (Phi) is 7.70. The maximum absolute atomic E-state index is 13.8. The van der Waals surface area contributed by atoms with Gasteiger partial charge in [-0.2, -0.15) is 0 Å². The van der Waals surface area contributed by atoms with Crippen molar-refractivity contribution in [3.05, 3.63) is 83.6 Å². The maximum Gasteiger partial charge on any atom is 0.335 e. The third-order valence-corrected chi connectivity index (χ3v) is 7.09. The number of carbonyl (C=O) groups excluding carboxylic acids is 1. The molecule has 4 aromatic rings. The average molecular weight is 543 g/mol. The van der Waals surface area contributed by atoms with Crippen LogP contribution in [0.5, 0.6) is 11.5 Å². The Morgan fingerprint density at radius 2 is 1.70 bits per heavy atom. The number of nitrogens with zero attached hydrogens (tertiary/aromatic N) is 6. The highest BCUT2D eigenvalue weighted by molar-refractivity contribution is 5.87. The lowest BCUT2D eigenvalue weighted by atomic mass is 9.96. The normalized spacial score (nSPS) is 14.7. The number of para-hydroxylation sites is 1. The van der Waals surface area contributed by atoms with E-state index in [-0.39, 0.29) is 23.3 Å². The molecule has 10 heteroatoms. The summed E-state index contributed by atoms with van der Waals surface area (Å²) in [6.45, 7) is 2.60. The Balaban J connectivity index is 1.33. The molecular formula is C30H36N7O3+. The quantitative estimate of drug-likeness (QED) is 0.270. The Morgan fingerprint density at radius 1 is 1.02 bits per heavy atom. The summed E-state index contributed by atoms with van der Waals surface area (Å²) in [5.74, 6) is 1.90. The number of piperidine rings is 1. The fraction of sp³-hybridized carbons (Fsp3) is 0.333. The van der Waals surface area contributed by atoms with Crippen molar-refractivity contribution >= 4 is 22.9 Å². The van der Waals surface area contributed by atoms with Gasteiger partial charge in [0.05, 0.1) is 33.4 Å². The van der Waals surface area contributed by atoms with Crippen molar-refractivity contribution < 1.29 is 14.0 Å². The van der Waals surface area contributed by atoms with Crippen LogP contribution in [0.2, 0.25) is 0 Å². The summed E-state index contributed by atoms with van der Waals surface area (Å²) in [5.41, 5.74) is 7.68. The monoisotopic (exact) mass is 542 g/mol. The number of nitrogens with two attached hydrogens (primary N) is 1. The van der Waals surface area contributed by atoms with E-state index in [2.05, 4.69) is 31.1 Å². The van der Waals surface area contributed by atoms with Crippen LogP contribution >= 0.6 is 0 Å². The van der Waals surface area contributed by atoms with Crippen LogP contribution in [0.3, 0.4) is 0 Å². The Labute approximate surface area is 233 Å². The zero-order valence-corrected chi connectivity index (χ0v) is 23.2. The number of nitrogen functional groups attached to an aromatic ring is 1. The highest BCUT2D eigenvalue weighted by atomic mass is 16.5. The van der Waals surface area contributed by atoms with Crippen molar-refractivity contribution in [1.82, 2.24) is 24.0 Å². The lowest BCUT2D eigenvalue weighted by Crippen LogP contribution is -2.39. The minimum Gasteiger partial charge on any atom is -0.457 e. The number of rotatable bonds is 8. The minimum absolute atomic E-state index is 0.0425. The largest absolute Gasteiger partial charge is 0.457 e. The average Bonchev–Trinajstić information content (AvgIpc) is 3.21. The van der Waals surface area contributed by atoms with Gasteiger partial charge in [0.25, 0.3) is 0 Å². The van der Waals surface area contributed by atoms with E-state index in [0.29, 0.717) is 42.2 Å². The van der Waals surface area contributed by atoms with E-state index in [1.165, 1.54) is 6.33 Å². The number of likely N-dealkylation sites (N-methyl/N-ethyl adjacent to an activating group) is 1. The molecule has 40 heavy (non-hydrogen) atoms. The second-order valence-electron chi connectivity index (χ2n) is 11.2. The SMILES string of the molecule is C[N+](C)(C)C/C=C/C(=O)N1CCC(Cn2c(=O)n(-c3ccc(Oc4ccccc4)cc3)c3c(N)ncnc32)CC1. The number of aromatic nitrogens is 4. The second-order valence-corrected chi connectivity index (χ2v) is 11.2. The highest BCUT2D eigenvalue weighted by Crippen LogP contribution is 2.26. The number of imidazole rings is 1. The molecule has 1 aliphatic rings. The predicted molar refractivity (Wildman–Crippen MR) is 155 cm³/mol. The van der Waals surface area contributed by atoms with E-state index in [4.69, 9.17) is 10.5 Å². The van der Waals surface area contributed by atoms with Crippen molar-refractivity contribution in [3.8, 4) is 17.2 Å². The molecule has 0 unspecified atom stereocenters. The standard InChI is InChI=1S/C30H36N7O3/c1-37(2,3)19-7-10-26(38)34-17-15-22(16-18-34)20-35-29-27(28(31)32-21-33-29)36(30(35)39)23-11-13-25(14-12-23)40-24-8-5-4-6-9-24/h4-14,21-22H,15-20H2,1-3H3,(H2,31,32,33)/q+1/b10-7+. The Hall–Kier alpha value is -4.44. The van der Waals surface area contributed by atoms with E-state index in [0.717, 1.165) is 29.6 Å². The number of likely N-dealkylation sites (tertiary alicyclic amines) is 1. The predicted octanol–water partition coefficient (Wildman–Crippen LogP) is 3.46. The first-order chi connectivity index (χ1) is 19.2. The van der Waals surface area contributed by atoms with Crippen molar-refractivity contribution in [1.29, 1.82) is 0 Å². The van der Waals surface area contributed by atoms with E-state index < -0.39 is 0 Å². The van der Waals surface area contributed by atoms with E-state index in [1.807, 2.05) is 65.6 Å². The number of ether oxygens (including phenoxy) is 1. The number of hydrogen-bond acceptors (Lipinski definition) is 6. The molecule has 5 rings (SSSR count). The fourth-order valence-electron chi connectivity index (χ4n) is 4.96. The maximum atomic E-state index is 13.8. The van der Waals surface area contributed by atoms with Gasteiger partial charge in [0.2, 0.25) is 5.91 Å². The van der Waals surface area contributed by atoms with Crippen LogP contribution in [0.15, 0.2) is 77.9 Å². The van der Waals surface area contributed by atoms with Crippen molar-refractivity contribution in [2.45, 2.75) is 19.4 Å². The summed E-state index contributed by atoms with van der Waals surface area (Å²) >= 11 is 0. The second kappa shape index (κ2) is 11.4. The van der Waals surface area contributed by atoms with Gasteiger partial charge >= 0.3 is 5.69 Å². The van der Waals surface area contributed by atoms with Gasteiger partial charge in [-0.25, -0.2) is 14.8 Å². The van der Waals surface area contributed by atoms with E-state index in [9.17, 15) is 9.59 Å². The molecule has 0 atom stereocenters. The number of anilines is 1. The lowest BCUT2D eigenvalue weighted by Gasteiger charge is -2.31. The Morgan fingerprint density at radius 3 is 2.38 bits per heavy atom. The van der Waals surface area contributed by atoms with Gasteiger partial charge in [-0.3, -0.25) is 13.9 Å². The molecule has 10 nitrogen and oxygen atoms in total. The van der Waals surface area contributed by atoms with Crippen LogP contribution in [-0.4, -0.2) is 75.2 Å². The molecule has 208 valence electrons. The number of amides is 1. The van der Waals surface area contributed by atoms with Crippen molar-refractivity contribution in [2.75, 3.05) is 46.5 Å². The molecule has 1 fully saturated rings. The summed E-state index contributed by atoms with van der Waals surface area (Å²) in [5, 5.41) is 0. The van der Waals surface area contributed by atoms with Crippen LogP contribution in [0, 0.1) is 5.92 Å². The zero-order chi connectivity index (χ0) is 28.3. The number of hydrogen-bond donors (Lipinski definition) is 1. The van der Waals surface area contributed by atoms with E-state index in [1.54, 1.807) is 15.2 Å². The highest BCUT2D eigenvalue weighted by Gasteiger charge is 2.25. The molecule has 2 aromatic heterocycles. The number of quaternary nitrogens is 1. The molecule has 3 heterocycles. The molecule has 2 N–H and O–H groups in total. The van der Waals surface area contributed by atoms with Gasteiger partial charge < -0.3 is 19.9 Å². The Bertz CT molecular complexity index is 1560. The number of benzene rings is 2. The fourth-order valence-corrected chi connectivity index (χ4v) is 4.96. The summed E-state index contributed by atoms with van der Waals surface area (Å²) in [7, 11) is 6.27. The van der Waals surface area contributed by atoms with Gasteiger partial charge in [0.15, 0.2) is 11.5 Å². The first-order valence-electron chi connectivity index (χ1n) is 13.5. The summed E-state index contributed by atoms with van der Waals surface area (Å²) < 4.78 is 9.92. The summed E-state index contributed by atoms with van der Waals surface area (Å²) in [6.07, 6.45) is 6.62. The van der Waals surface area contributed by atoms with Gasteiger partial charge in [-0.1, -0.05) is 18.2 Å². The van der Waals surface area contributed by atoms with Gasteiger partial charge in [-0.05, 0) is 61.2 Å². The summed E-state index contributed by atoms with van der Waals surface area (Å²) in [6, 6.07) is 16.8. The molecular weight excluding hydrogens is 506 g/mol. The first kappa shape index (κ1) is 27.1. The third-order valence-electron chi connectivity index (χ3n) is 7.09. The summed E-state index contributed by atoms with van der Waals surface area (Å²) in [4.78, 5) is 36.9. The number of carbonyl (C=O) groups is 1. The van der Waals surface area contributed by atoms with Gasteiger partial charge in [-0.15, -0.1) is 0 Å². The van der Waals surface area contributed by atoms with Gasteiger partial charge in [0.1, 0.15) is 23.3 Å². The van der Waals surface area contributed by atoms with Crippen LogP contribution in [0.4, 0.5) is 5.82 Å². The molecule has 0 saturated carbocycles. The van der Waals surface area contributed by atoms with Crippen LogP contribution in [-0.2, 0) is 11.3 Å². The number of fused-ring (bicyclic) bond motifs is 1. The smallest absolute Gasteiger partial charge is 0.335 e. The lowest BCUT2D eigenvalue weighted by molar-refractivity contribution is -0.864. The molecule has 0 radical (unpaired) electrons. The van der Waals surface area contributed by atoms with Crippen molar-refractivity contribution in [3.63, 3.8) is 0 Å². The third kappa shape index (κ3) is 6.07. The molecule has 1 amide bonds. The molecule has 0 aliphatic carbocycles. The molecule has 2 aromatic carbocycles. The van der Waals surface area contributed by atoms with Crippen molar-refractivity contribution in [2.24, 2.45) is 5.92 Å². The molecule has 1 aliphatic heterocycles. The molecule has 1 saturated heterocycles. The van der Waals surface area contributed by atoms with Crippen LogP contribution in [0.25, 0.3) is 16.9 Å². The zero-order valence-electron chi connectivity index (χ0n) is 23.2.